The summed E-state index contributed by atoms with van der Waals surface area (Å²) < 4.78 is 5.52. The normalized spacial score (nSPS) is 11.0. The number of hydrogen-bond acceptors (Lipinski definition) is 3. The van der Waals surface area contributed by atoms with E-state index in [0.717, 1.165) is 38.2 Å². The summed E-state index contributed by atoms with van der Waals surface area (Å²) in [7, 11) is 0. The van der Waals surface area contributed by atoms with Crippen LogP contribution in [0.4, 0.5) is 0 Å². The number of benzene rings is 1. The van der Waals surface area contributed by atoms with Crippen molar-refractivity contribution >= 4 is 10.9 Å². The Bertz CT molecular complexity index is 494. The highest BCUT2D eigenvalue weighted by atomic mass is 16.5. The quantitative estimate of drug-likeness (QED) is 0.739. The number of hydrogen-bond donors (Lipinski definition) is 1. The maximum absolute atomic E-state index is 5.52. The fourth-order valence-electron chi connectivity index (χ4n) is 2.03. The van der Waals surface area contributed by atoms with Gasteiger partial charge in [-0.3, -0.25) is 4.98 Å². The van der Waals surface area contributed by atoms with Crippen molar-refractivity contribution in [1.29, 1.82) is 0 Å². The maximum Gasteiger partial charge on any atom is 0.0746 e. The fraction of sp³-hybridized carbons (Fsp3) is 0.438. The Balaban J connectivity index is 1.78. The van der Waals surface area contributed by atoms with Gasteiger partial charge < -0.3 is 10.1 Å². The molecule has 0 fully saturated rings. The Morgan fingerprint density at radius 1 is 1.16 bits per heavy atom. The SMILES string of the molecule is CCCCOCCNCc1cccc2cccnc12. The zero-order valence-electron chi connectivity index (χ0n) is 11.6. The lowest BCUT2D eigenvalue weighted by Crippen LogP contribution is -2.19. The van der Waals surface area contributed by atoms with Gasteiger partial charge in [0, 0.05) is 31.3 Å². The molecule has 0 saturated heterocycles. The van der Waals surface area contributed by atoms with Gasteiger partial charge in [0.1, 0.15) is 0 Å². The highest BCUT2D eigenvalue weighted by Crippen LogP contribution is 2.15. The zero-order chi connectivity index (χ0) is 13.3. The molecule has 1 aromatic carbocycles. The number of rotatable bonds is 8. The van der Waals surface area contributed by atoms with Crippen LogP contribution >= 0.6 is 0 Å². The van der Waals surface area contributed by atoms with Crippen LogP contribution in [0.15, 0.2) is 36.5 Å². The van der Waals surface area contributed by atoms with Crippen molar-refractivity contribution in [2.75, 3.05) is 19.8 Å². The molecule has 0 atom stereocenters. The number of pyridine rings is 1. The molecule has 0 unspecified atom stereocenters. The van der Waals surface area contributed by atoms with Gasteiger partial charge in [0.2, 0.25) is 0 Å². The number of aromatic nitrogens is 1. The molecule has 0 spiro atoms. The highest BCUT2D eigenvalue weighted by Gasteiger charge is 2.00. The van der Waals surface area contributed by atoms with Gasteiger partial charge in [0.25, 0.3) is 0 Å². The Morgan fingerprint density at radius 3 is 2.95 bits per heavy atom. The summed E-state index contributed by atoms with van der Waals surface area (Å²) in [5.74, 6) is 0. The molecule has 2 rings (SSSR count). The van der Waals surface area contributed by atoms with Crippen LogP contribution in [0.3, 0.4) is 0 Å². The Labute approximate surface area is 115 Å². The summed E-state index contributed by atoms with van der Waals surface area (Å²) in [6.45, 7) is 5.54. The molecule has 0 bridgehead atoms. The number of ether oxygens (including phenoxy) is 1. The Kier molecular flexibility index (Phi) is 5.79. The minimum absolute atomic E-state index is 0.776. The van der Waals surface area contributed by atoms with Gasteiger partial charge >= 0.3 is 0 Å². The molecule has 0 amide bonds. The van der Waals surface area contributed by atoms with Crippen LogP contribution in [-0.4, -0.2) is 24.7 Å². The van der Waals surface area contributed by atoms with Crippen molar-refractivity contribution in [3.63, 3.8) is 0 Å². The first kappa shape index (κ1) is 14.0. The lowest BCUT2D eigenvalue weighted by Gasteiger charge is -2.08. The van der Waals surface area contributed by atoms with Crippen LogP contribution in [0, 0.1) is 0 Å². The average Bonchev–Trinajstić information content (AvgIpc) is 2.46. The Hall–Kier alpha value is -1.45. The van der Waals surface area contributed by atoms with E-state index in [0.29, 0.717) is 0 Å². The standard InChI is InChI=1S/C16H22N2O/c1-2-3-11-19-12-10-17-13-15-7-4-6-14-8-5-9-18-16(14)15/h4-9,17H,2-3,10-13H2,1H3. The zero-order valence-corrected chi connectivity index (χ0v) is 11.6. The van der Waals surface area contributed by atoms with E-state index in [9.17, 15) is 0 Å². The van der Waals surface area contributed by atoms with Gasteiger partial charge in [0.15, 0.2) is 0 Å². The van der Waals surface area contributed by atoms with E-state index in [-0.39, 0.29) is 0 Å². The molecule has 102 valence electrons. The minimum atomic E-state index is 0.776. The minimum Gasteiger partial charge on any atom is -0.380 e. The van der Waals surface area contributed by atoms with E-state index < -0.39 is 0 Å². The van der Waals surface area contributed by atoms with Gasteiger partial charge in [-0.25, -0.2) is 0 Å². The number of nitrogens with one attached hydrogen (secondary N) is 1. The van der Waals surface area contributed by atoms with Crippen molar-refractivity contribution in [3.8, 4) is 0 Å². The fourth-order valence-corrected chi connectivity index (χ4v) is 2.03. The van der Waals surface area contributed by atoms with Crippen molar-refractivity contribution in [2.45, 2.75) is 26.3 Å². The molecule has 0 saturated carbocycles. The van der Waals surface area contributed by atoms with E-state index in [1.54, 1.807) is 0 Å². The lowest BCUT2D eigenvalue weighted by atomic mass is 10.1. The average molecular weight is 258 g/mol. The molecule has 2 aromatic rings. The summed E-state index contributed by atoms with van der Waals surface area (Å²) in [4.78, 5) is 4.45. The maximum atomic E-state index is 5.52. The molecular formula is C16H22N2O. The highest BCUT2D eigenvalue weighted by molar-refractivity contribution is 5.81. The molecule has 1 heterocycles. The third-order valence-corrected chi connectivity index (χ3v) is 3.10. The van der Waals surface area contributed by atoms with E-state index in [2.05, 4.69) is 41.5 Å². The van der Waals surface area contributed by atoms with E-state index >= 15 is 0 Å². The van der Waals surface area contributed by atoms with E-state index in [4.69, 9.17) is 4.74 Å². The first-order valence-electron chi connectivity index (χ1n) is 7.03. The van der Waals surface area contributed by atoms with Gasteiger partial charge in [-0.05, 0) is 18.1 Å². The summed E-state index contributed by atoms with van der Waals surface area (Å²) in [6.07, 6.45) is 4.18. The molecular weight excluding hydrogens is 236 g/mol. The molecule has 0 aliphatic carbocycles. The number of nitrogens with zero attached hydrogens (tertiary/aromatic N) is 1. The van der Waals surface area contributed by atoms with Crippen LogP contribution in [-0.2, 0) is 11.3 Å². The molecule has 0 aliphatic heterocycles. The molecule has 1 aromatic heterocycles. The first-order valence-corrected chi connectivity index (χ1v) is 7.03. The Morgan fingerprint density at radius 2 is 2.05 bits per heavy atom. The van der Waals surface area contributed by atoms with Crippen molar-refractivity contribution < 1.29 is 4.74 Å². The monoisotopic (exact) mass is 258 g/mol. The number of para-hydroxylation sites is 1. The van der Waals surface area contributed by atoms with Gasteiger partial charge in [-0.15, -0.1) is 0 Å². The topological polar surface area (TPSA) is 34.1 Å². The molecule has 1 N–H and O–H groups in total. The van der Waals surface area contributed by atoms with Crippen molar-refractivity contribution in [2.24, 2.45) is 0 Å². The molecule has 3 nitrogen and oxygen atoms in total. The van der Waals surface area contributed by atoms with Crippen LogP contribution in [0.25, 0.3) is 10.9 Å². The summed E-state index contributed by atoms with van der Waals surface area (Å²) in [5.41, 5.74) is 2.33. The van der Waals surface area contributed by atoms with Crippen LogP contribution in [0.5, 0.6) is 0 Å². The second-order valence-corrected chi connectivity index (χ2v) is 4.63. The van der Waals surface area contributed by atoms with Gasteiger partial charge in [0.05, 0.1) is 12.1 Å². The second-order valence-electron chi connectivity index (χ2n) is 4.63. The van der Waals surface area contributed by atoms with Crippen LogP contribution in [0.1, 0.15) is 25.3 Å². The third-order valence-electron chi connectivity index (χ3n) is 3.10. The first-order chi connectivity index (χ1) is 9.42. The van der Waals surface area contributed by atoms with Gasteiger partial charge in [-0.1, -0.05) is 37.6 Å². The smallest absolute Gasteiger partial charge is 0.0746 e. The number of fused-ring (bicyclic) bond motifs is 1. The predicted octanol–water partition coefficient (Wildman–Crippen LogP) is 3.14. The number of unbranched alkanes of at least 4 members (excludes halogenated alkanes) is 1. The van der Waals surface area contributed by atoms with Crippen molar-refractivity contribution in [1.82, 2.24) is 10.3 Å². The van der Waals surface area contributed by atoms with E-state index in [1.165, 1.54) is 17.4 Å². The summed E-state index contributed by atoms with van der Waals surface area (Å²) in [5, 5.41) is 4.60. The largest absolute Gasteiger partial charge is 0.380 e. The van der Waals surface area contributed by atoms with Crippen LogP contribution in [0.2, 0.25) is 0 Å². The lowest BCUT2D eigenvalue weighted by molar-refractivity contribution is 0.133. The summed E-state index contributed by atoms with van der Waals surface area (Å²) >= 11 is 0. The third kappa shape index (κ3) is 4.30. The second kappa shape index (κ2) is 7.87. The molecule has 19 heavy (non-hydrogen) atoms. The van der Waals surface area contributed by atoms with E-state index in [1.807, 2.05) is 12.3 Å². The van der Waals surface area contributed by atoms with Crippen molar-refractivity contribution in [3.05, 3.63) is 42.1 Å². The predicted molar refractivity (Wildman–Crippen MR) is 79.2 cm³/mol. The molecule has 0 aliphatic rings. The summed E-state index contributed by atoms with van der Waals surface area (Å²) in [6, 6.07) is 10.4. The molecule has 0 radical (unpaired) electrons. The van der Waals surface area contributed by atoms with Gasteiger partial charge in [-0.2, -0.15) is 0 Å². The molecule has 3 heteroatoms. The van der Waals surface area contributed by atoms with Crippen LogP contribution < -0.4 is 5.32 Å².